The maximum absolute atomic E-state index is 5.33. The van der Waals surface area contributed by atoms with Crippen LogP contribution in [0, 0.1) is 0 Å². The molecular weight excluding hydrogens is 298 g/mol. The number of rotatable bonds is 5. The van der Waals surface area contributed by atoms with Crippen LogP contribution >= 0.6 is 11.8 Å². The minimum atomic E-state index is 0.367. The van der Waals surface area contributed by atoms with Gasteiger partial charge in [-0.25, -0.2) is 0 Å². The minimum absolute atomic E-state index is 0.367. The van der Waals surface area contributed by atoms with E-state index in [1.165, 1.54) is 12.8 Å². The van der Waals surface area contributed by atoms with Gasteiger partial charge in [0.15, 0.2) is 5.16 Å². The topological polar surface area (TPSA) is 68.8 Å². The van der Waals surface area contributed by atoms with Crippen molar-refractivity contribution < 1.29 is 4.52 Å². The average Bonchev–Trinajstić information content (AvgIpc) is 3.13. The zero-order valence-corrected chi connectivity index (χ0v) is 14.2. The zero-order valence-electron chi connectivity index (χ0n) is 13.4. The van der Waals surface area contributed by atoms with Crippen molar-refractivity contribution >= 4 is 11.8 Å². The maximum atomic E-state index is 5.33. The van der Waals surface area contributed by atoms with Crippen LogP contribution in [0.2, 0.25) is 0 Å². The van der Waals surface area contributed by atoms with E-state index in [4.69, 9.17) is 4.52 Å². The van der Waals surface area contributed by atoms with Gasteiger partial charge in [-0.05, 0) is 19.4 Å². The van der Waals surface area contributed by atoms with Crippen LogP contribution in [0.15, 0.2) is 15.7 Å². The van der Waals surface area contributed by atoms with E-state index in [1.807, 2.05) is 6.07 Å². The van der Waals surface area contributed by atoms with Crippen LogP contribution < -0.4 is 5.32 Å². The monoisotopic (exact) mass is 321 g/mol. The average molecular weight is 321 g/mol. The van der Waals surface area contributed by atoms with E-state index in [0.29, 0.717) is 11.8 Å². The van der Waals surface area contributed by atoms with E-state index in [1.54, 1.807) is 11.8 Å². The molecule has 1 atom stereocenters. The highest BCUT2D eigenvalue weighted by Gasteiger charge is 2.21. The Labute approximate surface area is 135 Å². The van der Waals surface area contributed by atoms with E-state index in [-0.39, 0.29) is 0 Å². The molecule has 0 radical (unpaired) electrons. The lowest BCUT2D eigenvalue weighted by Crippen LogP contribution is -2.29. The lowest BCUT2D eigenvalue weighted by Gasteiger charge is -2.21. The van der Waals surface area contributed by atoms with Gasteiger partial charge in [-0.1, -0.05) is 30.8 Å². The fourth-order valence-corrected chi connectivity index (χ4v) is 3.49. The van der Waals surface area contributed by atoms with Crippen LogP contribution in [0.5, 0.6) is 0 Å². The largest absolute Gasteiger partial charge is 0.361 e. The van der Waals surface area contributed by atoms with Crippen LogP contribution in [0.3, 0.4) is 0 Å². The van der Waals surface area contributed by atoms with Crippen molar-refractivity contribution in [3.63, 3.8) is 0 Å². The van der Waals surface area contributed by atoms with Crippen LogP contribution in [-0.2, 0) is 12.8 Å². The Kier molecular flexibility index (Phi) is 4.83. The van der Waals surface area contributed by atoms with Crippen LogP contribution in [0.4, 0.5) is 0 Å². The summed E-state index contributed by atoms with van der Waals surface area (Å²) in [6.07, 6.45) is 2.39. The van der Waals surface area contributed by atoms with Gasteiger partial charge in [0.2, 0.25) is 0 Å². The quantitative estimate of drug-likeness (QED) is 0.854. The molecule has 2 aromatic heterocycles. The fourth-order valence-electron chi connectivity index (χ4n) is 2.69. The second-order valence-corrected chi connectivity index (χ2v) is 7.05. The molecule has 0 aliphatic carbocycles. The van der Waals surface area contributed by atoms with Crippen molar-refractivity contribution in [2.75, 3.05) is 13.1 Å². The second kappa shape index (κ2) is 6.83. The number of nitrogens with one attached hydrogen (secondary N) is 1. The summed E-state index contributed by atoms with van der Waals surface area (Å²) in [5.41, 5.74) is 0.956. The van der Waals surface area contributed by atoms with E-state index in [9.17, 15) is 0 Å². The highest BCUT2D eigenvalue weighted by Crippen LogP contribution is 2.27. The van der Waals surface area contributed by atoms with Crippen molar-refractivity contribution in [1.82, 2.24) is 25.2 Å². The molecule has 2 aromatic rings. The van der Waals surface area contributed by atoms with Gasteiger partial charge in [-0.2, -0.15) is 0 Å². The molecule has 0 bridgehead atoms. The minimum Gasteiger partial charge on any atom is -0.361 e. The van der Waals surface area contributed by atoms with Gasteiger partial charge in [0, 0.05) is 37.2 Å². The third-order valence-corrected chi connectivity index (χ3v) is 5.08. The third-order valence-electron chi connectivity index (χ3n) is 4.03. The summed E-state index contributed by atoms with van der Waals surface area (Å²) >= 11 is 1.66. The Hall–Kier alpha value is -1.34. The molecule has 7 heteroatoms. The number of hydrogen-bond donors (Lipinski definition) is 1. The first-order valence-electron chi connectivity index (χ1n) is 7.83. The molecule has 1 fully saturated rings. The fraction of sp³-hybridized carbons (Fsp3) is 0.667. The number of thioether (sulfide) groups is 1. The number of aromatic nitrogens is 4. The summed E-state index contributed by atoms with van der Waals surface area (Å²) in [6, 6.07) is 2.03. The molecule has 1 saturated heterocycles. The first-order chi connectivity index (χ1) is 10.6. The van der Waals surface area contributed by atoms with Crippen LogP contribution in [0.25, 0.3) is 0 Å². The maximum Gasteiger partial charge on any atom is 0.191 e. The Bertz CT molecular complexity index is 615. The molecule has 0 spiro atoms. The molecule has 6 nitrogen and oxygen atoms in total. The highest BCUT2D eigenvalue weighted by atomic mass is 32.2. The molecule has 0 aromatic carbocycles. The molecule has 22 heavy (non-hydrogen) atoms. The lowest BCUT2D eigenvalue weighted by molar-refractivity contribution is 0.367. The summed E-state index contributed by atoms with van der Waals surface area (Å²) in [5, 5.41) is 17.2. The normalized spacial score (nSPS) is 19.0. The number of piperidine rings is 1. The van der Waals surface area contributed by atoms with Crippen molar-refractivity contribution in [2.45, 2.75) is 49.4 Å². The first kappa shape index (κ1) is 15.6. The van der Waals surface area contributed by atoms with Gasteiger partial charge in [-0.3, -0.25) is 0 Å². The molecule has 0 saturated carbocycles. The van der Waals surface area contributed by atoms with Gasteiger partial charge in [0.1, 0.15) is 11.6 Å². The van der Waals surface area contributed by atoms with Gasteiger partial charge >= 0.3 is 0 Å². The molecule has 1 aliphatic heterocycles. The van der Waals surface area contributed by atoms with E-state index in [0.717, 1.165) is 41.3 Å². The van der Waals surface area contributed by atoms with Crippen molar-refractivity contribution in [2.24, 2.45) is 7.05 Å². The zero-order chi connectivity index (χ0) is 15.5. The van der Waals surface area contributed by atoms with Gasteiger partial charge in [0.05, 0.1) is 5.69 Å². The van der Waals surface area contributed by atoms with Crippen molar-refractivity contribution in [3.8, 4) is 0 Å². The van der Waals surface area contributed by atoms with Gasteiger partial charge in [0.25, 0.3) is 0 Å². The molecule has 120 valence electrons. The molecule has 0 unspecified atom stereocenters. The summed E-state index contributed by atoms with van der Waals surface area (Å²) in [4.78, 5) is 0. The Morgan fingerprint density at radius 1 is 1.45 bits per heavy atom. The SMILES string of the molecule is CC(C)c1cc(CSc2nnc([C@@H]3CCCNC3)n2C)no1. The molecule has 1 aliphatic rings. The molecule has 1 N–H and O–H groups in total. The summed E-state index contributed by atoms with van der Waals surface area (Å²) < 4.78 is 7.45. The highest BCUT2D eigenvalue weighted by molar-refractivity contribution is 7.98. The smallest absolute Gasteiger partial charge is 0.191 e. The summed E-state index contributed by atoms with van der Waals surface area (Å²) in [6.45, 7) is 6.31. The standard InChI is InChI=1S/C15H23N5OS/c1-10(2)13-7-12(19-21-13)9-22-15-18-17-14(20(15)3)11-5-4-6-16-8-11/h7,10-11,16H,4-6,8-9H2,1-3H3/t11-/m1/s1. The Balaban J connectivity index is 1.64. The Morgan fingerprint density at radius 2 is 2.32 bits per heavy atom. The summed E-state index contributed by atoms with van der Waals surface area (Å²) in [5.74, 6) is 3.61. The summed E-state index contributed by atoms with van der Waals surface area (Å²) in [7, 11) is 2.05. The number of nitrogens with zero attached hydrogens (tertiary/aromatic N) is 4. The van der Waals surface area contributed by atoms with E-state index < -0.39 is 0 Å². The van der Waals surface area contributed by atoms with Crippen LogP contribution in [-0.4, -0.2) is 33.0 Å². The molecular formula is C15H23N5OS. The van der Waals surface area contributed by atoms with Crippen molar-refractivity contribution in [1.29, 1.82) is 0 Å². The van der Waals surface area contributed by atoms with Crippen molar-refractivity contribution in [3.05, 3.63) is 23.3 Å². The first-order valence-corrected chi connectivity index (χ1v) is 8.82. The van der Waals surface area contributed by atoms with Crippen LogP contribution in [0.1, 0.15) is 55.8 Å². The van der Waals surface area contributed by atoms with E-state index in [2.05, 4.69) is 46.1 Å². The van der Waals surface area contributed by atoms with Gasteiger partial charge in [-0.15, -0.1) is 10.2 Å². The second-order valence-electron chi connectivity index (χ2n) is 6.11. The molecule has 3 rings (SSSR count). The number of hydrogen-bond acceptors (Lipinski definition) is 6. The van der Waals surface area contributed by atoms with Gasteiger partial charge < -0.3 is 14.4 Å². The molecule has 0 amide bonds. The Morgan fingerprint density at radius 3 is 3.00 bits per heavy atom. The molecule has 3 heterocycles. The predicted molar refractivity (Wildman–Crippen MR) is 86.0 cm³/mol. The lowest BCUT2D eigenvalue weighted by atomic mass is 9.99. The predicted octanol–water partition coefficient (Wildman–Crippen LogP) is 2.69. The van der Waals surface area contributed by atoms with E-state index >= 15 is 0 Å². The third kappa shape index (κ3) is 3.35.